The number of carbonyl (C=O) groups is 2. The van der Waals surface area contributed by atoms with E-state index < -0.39 is 16.1 Å². The minimum Gasteiger partial charge on any atom is -0.481 e. The van der Waals surface area contributed by atoms with Crippen molar-refractivity contribution in [1.82, 2.24) is 14.6 Å². The highest BCUT2D eigenvalue weighted by molar-refractivity contribution is 7.90. The molecule has 0 radical (unpaired) electrons. The molecule has 0 bridgehead atoms. The van der Waals surface area contributed by atoms with Gasteiger partial charge in [0, 0.05) is 37.5 Å². The predicted octanol–water partition coefficient (Wildman–Crippen LogP) is 3.46. The van der Waals surface area contributed by atoms with Crippen molar-refractivity contribution in [2.45, 2.75) is 24.2 Å². The number of sulfonamides is 1. The first-order chi connectivity index (χ1) is 16.7. The summed E-state index contributed by atoms with van der Waals surface area (Å²) in [7, 11) is 0.575. The maximum atomic E-state index is 12.9. The molecule has 0 atom stereocenters. The molecule has 0 aliphatic heterocycles. The molecule has 3 amide bonds. The van der Waals surface area contributed by atoms with E-state index in [1.165, 1.54) is 36.3 Å². The van der Waals surface area contributed by atoms with Crippen molar-refractivity contribution in [2.75, 3.05) is 26.5 Å². The lowest BCUT2D eigenvalue weighted by atomic mass is 9.98. The Morgan fingerprint density at radius 1 is 1.03 bits per heavy atom. The first kappa shape index (κ1) is 24.2. The van der Waals surface area contributed by atoms with E-state index >= 15 is 0 Å². The van der Waals surface area contributed by atoms with E-state index in [1.807, 2.05) is 12.1 Å². The van der Waals surface area contributed by atoms with E-state index in [-0.39, 0.29) is 10.8 Å². The molecule has 0 spiro atoms. The summed E-state index contributed by atoms with van der Waals surface area (Å²) in [6.07, 6.45) is 4.22. The Balaban J connectivity index is 1.60. The fourth-order valence-corrected chi connectivity index (χ4v) is 5.00. The smallest absolute Gasteiger partial charge is 0.333 e. The number of nitrogens with one attached hydrogen (secondary N) is 2. The number of fused-ring (bicyclic) bond motifs is 1. The van der Waals surface area contributed by atoms with Crippen molar-refractivity contribution in [3.63, 3.8) is 0 Å². The average Bonchev–Trinajstić information content (AvgIpc) is 3.33. The van der Waals surface area contributed by atoms with Crippen LogP contribution in [0.5, 0.6) is 5.88 Å². The lowest BCUT2D eigenvalue weighted by Crippen LogP contribution is -2.34. The van der Waals surface area contributed by atoms with Crippen LogP contribution in [-0.4, -0.2) is 51.4 Å². The van der Waals surface area contributed by atoms with Crippen LogP contribution in [0.1, 0.15) is 27.9 Å². The molecule has 10 heteroatoms. The molecule has 0 saturated carbocycles. The van der Waals surface area contributed by atoms with Crippen molar-refractivity contribution in [3.05, 3.63) is 71.4 Å². The van der Waals surface area contributed by atoms with Crippen molar-refractivity contribution >= 4 is 27.6 Å². The highest BCUT2D eigenvalue weighted by Crippen LogP contribution is 2.38. The van der Waals surface area contributed by atoms with Gasteiger partial charge in [-0.05, 0) is 66.3 Å². The number of hydrogen-bond donors (Lipinski definition) is 2. The number of carbonyl (C=O) groups excluding carboxylic acids is 2. The van der Waals surface area contributed by atoms with Gasteiger partial charge in [-0.25, -0.2) is 22.9 Å². The molecule has 0 saturated heterocycles. The summed E-state index contributed by atoms with van der Waals surface area (Å²) in [6.45, 7) is 0. The van der Waals surface area contributed by atoms with Gasteiger partial charge in [0.05, 0.1) is 17.7 Å². The zero-order valence-corrected chi connectivity index (χ0v) is 20.5. The van der Waals surface area contributed by atoms with E-state index in [2.05, 4.69) is 15.0 Å². The lowest BCUT2D eigenvalue weighted by Gasteiger charge is -2.17. The lowest BCUT2D eigenvalue weighted by molar-refractivity contribution is 0.0827. The van der Waals surface area contributed by atoms with Crippen LogP contribution < -0.4 is 14.8 Å². The molecule has 0 fully saturated rings. The van der Waals surface area contributed by atoms with Gasteiger partial charge in [-0.1, -0.05) is 12.1 Å². The van der Waals surface area contributed by atoms with E-state index in [0.29, 0.717) is 17.1 Å². The van der Waals surface area contributed by atoms with Crippen LogP contribution in [0.25, 0.3) is 11.1 Å². The molecular formula is C25H26N4O5S. The molecule has 2 aromatic carbocycles. The number of anilines is 1. The number of aryl methyl sites for hydroxylation is 1. The Kier molecular flexibility index (Phi) is 6.74. The van der Waals surface area contributed by atoms with E-state index in [1.54, 1.807) is 32.4 Å². The molecular weight excluding hydrogens is 468 g/mol. The summed E-state index contributed by atoms with van der Waals surface area (Å²) in [5, 5.41) is 2.77. The summed E-state index contributed by atoms with van der Waals surface area (Å²) < 4.78 is 33.0. The van der Waals surface area contributed by atoms with Crippen molar-refractivity contribution in [1.29, 1.82) is 0 Å². The first-order valence-electron chi connectivity index (χ1n) is 11.0. The van der Waals surface area contributed by atoms with Gasteiger partial charge in [0.1, 0.15) is 0 Å². The van der Waals surface area contributed by atoms with Gasteiger partial charge in [-0.3, -0.25) is 4.79 Å². The number of methoxy groups -OCH3 is 1. The fourth-order valence-electron chi connectivity index (χ4n) is 4.09. The number of nitrogens with zero attached hydrogens (tertiary/aromatic N) is 2. The minimum atomic E-state index is -4.16. The molecule has 1 heterocycles. The number of rotatable bonds is 6. The second kappa shape index (κ2) is 9.75. The van der Waals surface area contributed by atoms with Gasteiger partial charge in [-0.2, -0.15) is 0 Å². The monoisotopic (exact) mass is 494 g/mol. The van der Waals surface area contributed by atoms with E-state index in [4.69, 9.17) is 4.74 Å². The quantitative estimate of drug-likeness (QED) is 0.542. The molecule has 4 rings (SSSR count). The standard InChI is InChI=1S/C25H26N4O5S/c1-29(2)24(30)17-7-10-19(11-8-17)35(32,33)28-25(31)27-23-20-6-4-5-16(20)9-12-21(23)18-13-14-26-22(15-18)34-3/h7-15H,4-6H2,1-3H3,(H2,27,28,31). The van der Waals surface area contributed by atoms with Crippen molar-refractivity contribution in [3.8, 4) is 17.0 Å². The Morgan fingerprint density at radius 2 is 1.77 bits per heavy atom. The van der Waals surface area contributed by atoms with Crippen LogP contribution in [0.3, 0.4) is 0 Å². The zero-order chi connectivity index (χ0) is 25.2. The summed E-state index contributed by atoms with van der Waals surface area (Å²) in [5.41, 5.74) is 4.53. The van der Waals surface area contributed by atoms with E-state index in [0.717, 1.165) is 41.5 Å². The average molecular weight is 495 g/mol. The first-order valence-corrected chi connectivity index (χ1v) is 12.5. The fraction of sp³-hybridized carbons (Fsp3) is 0.240. The molecule has 2 N–H and O–H groups in total. The number of aromatic nitrogens is 1. The molecule has 3 aromatic rings. The molecule has 1 aliphatic rings. The van der Waals surface area contributed by atoms with Gasteiger partial charge in [-0.15, -0.1) is 0 Å². The maximum absolute atomic E-state index is 12.9. The number of benzene rings is 2. The SMILES string of the molecule is COc1cc(-c2ccc3c(c2NC(=O)NS(=O)(=O)c2ccc(C(=O)N(C)C)cc2)CCC3)ccn1. The number of pyridine rings is 1. The predicted molar refractivity (Wildman–Crippen MR) is 132 cm³/mol. The number of hydrogen-bond acceptors (Lipinski definition) is 6. The Bertz CT molecular complexity index is 1390. The molecule has 182 valence electrons. The molecule has 1 aliphatic carbocycles. The summed E-state index contributed by atoms with van der Waals surface area (Å²) in [4.78, 5) is 30.3. The third-order valence-electron chi connectivity index (χ3n) is 5.82. The van der Waals surface area contributed by atoms with Gasteiger partial charge in [0.25, 0.3) is 15.9 Å². The molecule has 0 unspecified atom stereocenters. The van der Waals surface area contributed by atoms with Crippen LogP contribution in [0, 0.1) is 0 Å². The summed E-state index contributed by atoms with van der Waals surface area (Å²) >= 11 is 0. The van der Waals surface area contributed by atoms with Crippen LogP contribution >= 0.6 is 0 Å². The number of ether oxygens (including phenoxy) is 1. The Labute approximate surface area is 204 Å². The highest BCUT2D eigenvalue weighted by atomic mass is 32.2. The molecule has 35 heavy (non-hydrogen) atoms. The number of urea groups is 1. The normalized spacial score (nSPS) is 12.5. The third kappa shape index (κ3) is 5.12. The van der Waals surface area contributed by atoms with Crippen LogP contribution in [0.2, 0.25) is 0 Å². The zero-order valence-electron chi connectivity index (χ0n) is 19.7. The topological polar surface area (TPSA) is 118 Å². The largest absolute Gasteiger partial charge is 0.481 e. The van der Waals surface area contributed by atoms with Crippen LogP contribution in [0.4, 0.5) is 10.5 Å². The number of amides is 3. The molecule has 1 aromatic heterocycles. The van der Waals surface area contributed by atoms with Gasteiger partial charge in [0.15, 0.2) is 0 Å². The third-order valence-corrected chi connectivity index (χ3v) is 7.17. The second-order valence-corrected chi connectivity index (χ2v) is 10.0. The Morgan fingerprint density at radius 3 is 2.46 bits per heavy atom. The van der Waals surface area contributed by atoms with Crippen molar-refractivity contribution < 1.29 is 22.7 Å². The highest BCUT2D eigenvalue weighted by Gasteiger charge is 2.23. The maximum Gasteiger partial charge on any atom is 0.333 e. The van der Waals surface area contributed by atoms with Gasteiger partial charge < -0.3 is 15.0 Å². The van der Waals surface area contributed by atoms with Gasteiger partial charge in [0.2, 0.25) is 5.88 Å². The minimum absolute atomic E-state index is 0.125. The van der Waals surface area contributed by atoms with Crippen LogP contribution in [-0.2, 0) is 22.9 Å². The molecule has 9 nitrogen and oxygen atoms in total. The van der Waals surface area contributed by atoms with E-state index in [9.17, 15) is 18.0 Å². The summed E-state index contributed by atoms with van der Waals surface area (Å²) in [5.74, 6) is 0.176. The van der Waals surface area contributed by atoms with Gasteiger partial charge >= 0.3 is 6.03 Å². The Hall–Kier alpha value is -3.92. The van der Waals surface area contributed by atoms with Crippen molar-refractivity contribution in [2.24, 2.45) is 0 Å². The summed E-state index contributed by atoms with van der Waals surface area (Å²) in [6, 6.07) is 12.0. The second-order valence-electron chi connectivity index (χ2n) is 8.35. The van der Waals surface area contributed by atoms with Crippen LogP contribution in [0.15, 0.2) is 59.6 Å².